The highest BCUT2D eigenvalue weighted by Gasteiger charge is 2.39. The lowest BCUT2D eigenvalue weighted by Crippen LogP contribution is -2.61. The molecule has 3 aromatic rings. The minimum Gasteiger partial charge on any atom is -0.395 e. The van der Waals surface area contributed by atoms with Gasteiger partial charge in [0.15, 0.2) is 5.17 Å². The number of rotatable bonds is 4. The summed E-state index contributed by atoms with van der Waals surface area (Å²) in [6.07, 6.45) is -6.77. The second kappa shape index (κ2) is 11.3. The molecule has 1 saturated heterocycles. The van der Waals surface area contributed by atoms with Crippen LogP contribution in [0.5, 0.6) is 0 Å². The van der Waals surface area contributed by atoms with Crippen LogP contribution in [0.15, 0.2) is 52.5 Å². The molecule has 0 aliphatic carbocycles. The molecule has 3 heterocycles. The highest BCUT2D eigenvalue weighted by molar-refractivity contribution is 8.18. The molecule has 2 aliphatic heterocycles. The molecule has 1 amide bonds. The molecule has 230 valence electrons. The summed E-state index contributed by atoms with van der Waals surface area (Å²) in [4.78, 5) is 21.6. The smallest absolute Gasteiger partial charge is 0.395 e. The van der Waals surface area contributed by atoms with Gasteiger partial charge in [-0.1, -0.05) is 12.1 Å². The fourth-order valence-electron chi connectivity index (χ4n) is 5.39. The highest BCUT2D eigenvalue weighted by atomic mass is 32.2. The maximum absolute atomic E-state index is 13.6. The number of amidine groups is 1. The average molecular weight is 626 g/mol. The van der Waals surface area contributed by atoms with Crippen molar-refractivity contribution in [2.24, 2.45) is 4.99 Å². The first-order valence-corrected chi connectivity index (χ1v) is 14.2. The molecule has 2 aromatic carbocycles. The molecule has 1 aromatic heterocycles. The zero-order valence-corrected chi connectivity index (χ0v) is 24.3. The zero-order valence-electron chi connectivity index (χ0n) is 23.5. The lowest BCUT2D eigenvalue weighted by molar-refractivity contribution is -0.143. The summed E-state index contributed by atoms with van der Waals surface area (Å²) >= 11 is 1.24. The van der Waals surface area contributed by atoms with Crippen molar-refractivity contribution >= 4 is 39.8 Å². The molecule has 0 saturated carbocycles. The first kappa shape index (κ1) is 31.1. The Labute approximate surface area is 247 Å². The fraction of sp³-hybridized carbons (Fsp3) is 0.414. The first-order valence-electron chi connectivity index (χ1n) is 13.4. The summed E-state index contributed by atoms with van der Waals surface area (Å²) in [7, 11) is 0. The van der Waals surface area contributed by atoms with Crippen molar-refractivity contribution in [2.45, 2.75) is 51.2 Å². The number of hydrogen-bond acceptors (Lipinski definition) is 6. The molecular weight excluding hydrogens is 596 g/mol. The lowest BCUT2D eigenvalue weighted by Gasteiger charge is -2.47. The van der Waals surface area contributed by atoms with Crippen LogP contribution in [0, 0.1) is 0 Å². The Morgan fingerprint density at radius 3 is 2.42 bits per heavy atom. The number of nitrogens with zero attached hydrogens (tertiary/aromatic N) is 5. The number of hydrogen-bond donors (Lipinski definition) is 1. The lowest BCUT2D eigenvalue weighted by atomic mass is 10.0. The van der Waals surface area contributed by atoms with Gasteiger partial charge in [-0.25, -0.2) is 0 Å². The number of fused-ring (bicyclic) bond motifs is 1. The molecule has 0 spiro atoms. The molecule has 43 heavy (non-hydrogen) atoms. The minimum absolute atomic E-state index is 0.0214. The van der Waals surface area contributed by atoms with Gasteiger partial charge in [0.1, 0.15) is 0 Å². The van der Waals surface area contributed by atoms with E-state index < -0.39 is 29.4 Å². The third kappa shape index (κ3) is 6.60. The standard InChI is InChI=1S/C29H29F6N5O2S/c1-27(2,3)39-9-8-38(15-21(39)16-41)26-37-25(42)24(43-26)11-17-4-7-23-19(10-17)13-36-40(23)14-18-5-6-20(28(30,31)32)12-22(18)29(33,34)35/h4-7,10-13,21,41H,8-9,14-16H2,1-3H3/b24-11-/t21-/m1/s1. The van der Waals surface area contributed by atoms with E-state index in [2.05, 4.69) is 35.8 Å². The van der Waals surface area contributed by atoms with Gasteiger partial charge in [0.05, 0.1) is 46.9 Å². The van der Waals surface area contributed by atoms with Crippen molar-refractivity contribution in [3.63, 3.8) is 0 Å². The van der Waals surface area contributed by atoms with E-state index in [0.29, 0.717) is 52.2 Å². The van der Waals surface area contributed by atoms with Crippen LogP contribution in [0.25, 0.3) is 17.0 Å². The van der Waals surface area contributed by atoms with Crippen LogP contribution >= 0.6 is 11.8 Å². The maximum atomic E-state index is 13.6. The number of thioether (sulfide) groups is 1. The van der Waals surface area contributed by atoms with Crippen LogP contribution in [0.3, 0.4) is 0 Å². The number of aliphatic hydroxyl groups is 1. The van der Waals surface area contributed by atoms with E-state index >= 15 is 0 Å². The molecule has 5 rings (SSSR count). The van der Waals surface area contributed by atoms with E-state index in [1.165, 1.54) is 22.6 Å². The van der Waals surface area contributed by atoms with Crippen molar-refractivity contribution in [1.29, 1.82) is 0 Å². The number of carbonyl (C=O) groups is 1. The predicted molar refractivity (Wildman–Crippen MR) is 152 cm³/mol. The topological polar surface area (TPSA) is 74.0 Å². The van der Waals surface area contributed by atoms with Crippen LogP contribution in [-0.4, -0.2) is 73.6 Å². The number of aromatic nitrogens is 2. The van der Waals surface area contributed by atoms with Crippen molar-refractivity contribution in [3.8, 4) is 0 Å². The number of alkyl halides is 6. The Hall–Kier alpha value is -3.36. The van der Waals surface area contributed by atoms with Gasteiger partial charge in [-0.05, 0) is 74.0 Å². The SMILES string of the molecule is CC(C)(C)N1CCN(C2=NC(=O)/C(=C/c3ccc4c(cnn4Cc4ccc(C(F)(F)F)cc4C(F)(F)F)c3)S2)C[C@@H]1CO. The van der Waals surface area contributed by atoms with E-state index in [4.69, 9.17) is 0 Å². The van der Waals surface area contributed by atoms with Gasteiger partial charge < -0.3 is 10.0 Å². The number of halogens is 6. The van der Waals surface area contributed by atoms with Gasteiger partial charge in [0, 0.05) is 30.6 Å². The summed E-state index contributed by atoms with van der Waals surface area (Å²) in [6.45, 7) is 7.75. The van der Waals surface area contributed by atoms with Gasteiger partial charge in [0.2, 0.25) is 0 Å². The second-order valence-electron chi connectivity index (χ2n) is 11.4. The Bertz CT molecular complexity index is 1610. The predicted octanol–water partition coefficient (Wildman–Crippen LogP) is 5.87. The van der Waals surface area contributed by atoms with Crippen molar-refractivity contribution in [1.82, 2.24) is 19.6 Å². The Morgan fingerprint density at radius 1 is 1.02 bits per heavy atom. The van der Waals surface area contributed by atoms with Crippen LogP contribution < -0.4 is 0 Å². The molecule has 0 radical (unpaired) electrons. The number of carbonyl (C=O) groups excluding carboxylic acids is 1. The molecule has 0 bridgehead atoms. The second-order valence-corrected chi connectivity index (χ2v) is 12.5. The quantitative estimate of drug-likeness (QED) is 0.289. The fourth-order valence-corrected chi connectivity index (χ4v) is 6.34. The van der Waals surface area contributed by atoms with Crippen LogP contribution in [0.2, 0.25) is 0 Å². The van der Waals surface area contributed by atoms with Crippen LogP contribution in [0.1, 0.15) is 43.0 Å². The number of aliphatic imine (C=N–C) groups is 1. The number of piperazine rings is 1. The molecule has 14 heteroatoms. The molecular formula is C29H29F6N5O2S. The normalized spacial score (nSPS) is 20.0. The Morgan fingerprint density at radius 2 is 1.77 bits per heavy atom. The van der Waals surface area contributed by atoms with E-state index in [1.54, 1.807) is 24.3 Å². The maximum Gasteiger partial charge on any atom is 0.416 e. The number of benzene rings is 2. The van der Waals surface area contributed by atoms with Crippen LogP contribution in [0.4, 0.5) is 26.3 Å². The van der Waals surface area contributed by atoms with Crippen molar-refractivity contribution < 1.29 is 36.2 Å². The molecule has 1 N–H and O–H groups in total. The van der Waals surface area contributed by atoms with E-state index in [9.17, 15) is 36.2 Å². The van der Waals surface area contributed by atoms with E-state index in [0.717, 1.165) is 6.07 Å². The molecule has 1 atom stereocenters. The molecule has 7 nitrogen and oxygen atoms in total. The first-order chi connectivity index (χ1) is 20.0. The van der Waals surface area contributed by atoms with Crippen molar-refractivity contribution in [2.75, 3.05) is 26.2 Å². The monoisotopic (exact) mass is 625 g/mol. The van der Waals surface area contributed by atoms with E-state index in [1.807, 2.05) is 4.90 Å². The summed E-state index contributed by atoms with van der Waals surface area (Å²) in [5.41, 5.74) is -2.08. The van der Waals surface area contributed by atoms with E-state index in [-0.39, 0.29) is 36.4 Å². The van der Waals surface area contributed by atoms with Crippen LogP contribution in [-0.2, 0) is 23.7 Å². The van der Waals surface area contributed by atoms with Gasteiger partial charge in [-0.2, -0.15) is 36.4 Å². The summed E-state index contributed by atoms with van der Waals surface area (Å²) in [5.74, 6) is -0.392. The number of aliphatic hydroxyl groups excluding tert-OH is 1. The largest absolute Gasteiger partial charge is 0.416 e. The molecule has 0 unspecified atom stereocenters. The van der Waals surface area contributed by atoms with Gasteiger partial charge in [0.25, 0.3) is 5.91 Å². The Balaban J connectivity index is 1.33. The Kier molecular flexibility index (Phi) is 8.16. The van der Waals surface area contributed by atoms with Gasteiger partial charge in [-0.3, -0.25) is 14.4 Å². The van der Waals surface area contributed by atoms with Crippen molar-refractivity contribution in [3.05, 3.63) is 69.8 Å². The summed E-state index contributed by atoms with van der Waals surface area (Å²) < 4.78 is 81.3. The number of amides is 1. The summed E-state index contributed by atoms with van der Waals surface area (Å²) in [6, 6.07) is 6.50. The highest BCUT2D eigenvalue weighted by Crippen LogP contribution is 2.38. The molecule has 2 aliphatic rings. The third-order valence-corrected chi connectivity index (χ3v) is 8.51. The average Bonchev–Trinajstić information content (AvgIpc) is 3.49. The van der Waals surface area contributed by atoms with Gasteiger partial charge >= 0.3 is 12.4 Å². The zero-order chi connectivity index (χ0) is 31.3. The molecule has 1 fully saturated rings. The summed E-state index contributed by atoms with van der Waals surface area (Å²) in [5, 5.41) is 15.3. The third-order valence-electron chi connectivity index (χ3n) is 7.46. The van der Waals surface area contributed by atoms with Gasteiger partial charge in [-0.15, -0.1) is 0 Å². The minimum atomic E-state index is -4.98.